The molecule has 132 valence electrons. The van der Waals surface area contributed by atoms with E-state index in [1.165, 1.54) is 22.9 Å². The van der Waals surface area contributed by atoms with E-state index in [1.54, 1.807) is 11.3 Å². The SMILES string of the molecule is Cc1ccc(-c2nnc(SC(C)c3nnc(-c4cccs4)o3)o2)cc1C. The average Bonchev–Trinajstić information content (AvgIpc) is 3.38. The maximum absolute atomic E-state index is 5.79. The lowest BCUT2D eigenvalue weighted by molar-refractivity contribution is 0.461. The van der Waals surface area contributed by atoms with Gasteiger partial charge in [0.2, 0.25) is 11.8 Å². The van der Waals surface area contributed by atoms with Crippen LogP contribution in [0, 0.1) is 13.8 Å². The Balaban J connectivity index is 1.49. The Morgan fingerprint density at radius 3 is 2.58 bits per heavy atom. The van der Waals surface area contributed by atoms with Crippen molar-refractivity contribution < 1.29 is 8.83 Å². The van der Waals surface area contributed by atoms with E-state index in [0.717, 1.165) is 10.4 Å². The van der Waals surface area contributed by atoms with Crippen molar-refractivity contribution in [3.8, 4) is 22.2 Å². The van der Waals surface area contributed by atoms with Gasteiger partial charge in [0.25, 0.3) is 11.1 Å². The molecule has 0 bridgehead atoms. The van der Waals surface area contributed by atoms with Crippen molar-refractivity contribution in [2.24, 2.45) is 0 Å². The maximum Gasteiger partial charge on any atom is 0.277 e. The Kier molecular flexibility index (Phi) is 4.60. The van der Waals surface area contributed by atoms with Crippen molar-refractivity contribution in [3.63, 3.8) is 0 Å². The second-order valence-electron chi connectivity index (χ2n) is 5.85. The van der Waals surface area contributed by atoms with Crippen LogP contribution in [0.1, 0.15) is 29.2 Å². The first-order valence-corrected chi connectivity index (χ1v) is 9.81. The number of rotatable bonds is 5. The van der Waals surface area contributed by atoms with Gasteiger partial charge in [0.05, 0.1) is 10.1 Å². The highest BCUT2D eigenvalue weighted by Crippen LogP contribution is 2.36. The topological polar surface area (TPSA) is 77.8 Å². The molecule has 0 amide bonds. The zero-order valence-electron chi connectivity index (χ0n) is 14.5. The summed E-state index contributed by atoms with van der Waals surface area (Å²) in [4.78, 5) is 0.954. The molecule has 4 aromatic rings. The zero-order valence-corrected chi connectivity index (χ0v) is 16.1. The van der Waals surface area contributed by atoms with Crippen LogP contribution < -0.4 is 0 Å². The van der Waals surface area contributed by atoms with Gasteiger partial charge in [-0.1, -0.05) is 23.9 Å². The van der Waals surface area contributed by atoms with Gasteiger partial charge in [0, 0.05) is 5.56 Å². The quantitative estimate of drug-likeness (QED) is 0.431. The predicted octanol–water partition coefficient (Wildman–Crippen LogP) is 5.32. The summed E-state index contributed by atoms with van der Waals surface area (Å²) in [5, 5.41) is 18.9. The van der Waals surface area contributed by atoms with E-state index in [9.17, 15) is 0 Å². The number of hydrogen-bond donors (Lipinski definition) is 0. The van der Waals surface area contributed by atoms with E-state index in [2.05, 4.69) is 40.3 Å². The molecule has 1 atom stereocenters. The maximum atomic E-state index is 5.79. The van der Waals surface area contributed by atoms with Crippen LogP contribution in [0.2, 0.25) is 0 Å². The standard InChI is InChI=1S/C18H16N4O2S2/c1-10-6-7-13(9-11(10)2)16-20-22-18(24-16)26-12(3)15-19-21-17(23-15)14-5-4-8-25-14/h4-9,12H,1-3H3. The molecule has 4 rings (SSSR count). The molecule has 0 aliphatic carbocycles. The van der Waals surface area contributed by atoms with Crippen molar-refractivity contribution in [2.45, 2.75) is 31.2 Å². The van der Waals surface area contributed by atoms with Crippen LogP contribution in [0.25, 0.3) is 22.2 Å². The lowest BCUT2D eigenvalue weighted by Gasteiger charge is -2.02. The number of hydrogen-bond acceptors (Lipinski definition) is 8. The van der Waals surface area contributed by atoms with Gasteiger partial charge < -0.3 is 8.83 Å². The second kappa shape index (κ2) is 7.05. The molecule has 0 spiro atoms. The first-order chi connectivity index (χ1) is 12.6. The highest BCUT2D eigenvalue weighted by Gasteiger charge is 2.20. The smallest absolute Gasteiger partial charge is 0.277 e. The van der Waals surface area contributed by atoms with Crippen LogP contribution in [0.3, 0.4) is 0 Å². The average molecular weight is 384 g/mol. The third kappa shape index (κ3) is 3.42. The molecule has 0 saturated heterocycles. The third-order valence-corrected chi connectivity index (χ3v) is 5.74. The molecule has 0 aliphatic rings. The molecule has 1 aromatic carbocycles. The van der Waals surface area contributed by atoms with Gasteiger partial charge in [0.1, 0.15) is 0 Å². The summed E-state index contributed by atoms with van der Waals surface area (Å²) in [6.45, 7) is 6.11. The fourth-order valence-electron chi connectivity index (χ4n) is 2.35. The van der Waals surface area contributed by atoms with E-state index in [-0.39, 0.29) is 5.25 Å². The van der Waals surface area contributed by atoms with Crippen molar-refractivity contribution in [1.29, 1.82) is 0 Å². The largest absolute Gasteiger partial charge is 0.419 e. The molecular weight excluding hydrogens is 368 g/mol. The Labute approximate surface area is 158 Å². The van der Waals surface area contributed by atoms with Crippen molar-refractivity contribution in [3.05, 3.63) is 52.7 Å². The number of aromatic nitrogens is 4. The number of aryl methyl sites for hydroxylation is 2. The highest BCUT2D eigenvalue weighted by molar-refractivity contribution is 7.99. The summed E-state index contributed by atoms with van der Waals surface area (Å²) in [6, 6.07) is 9.99. The van der Waals surface area contributed by atoms with Crippen LogP contribution in [-0.4, -0.2) is 20.4 Å². The summed E-state index contributed by atoms with van der Waals surface area (Å²) in [5.74, 6) is 1.57. The summed E-state index contributed by atoms with van der Waals surface area (Å²) in [5.41, 5.74) is 3.34. The molecule has 26 heavy (non-hydrogen) atoms. The minimum absolute atomic E-state index is 0.0933. The van der Waals surface area contributed by atoms with Gasteiger partial charge in [0.15, 0.2) is 0 Å². The van der Waals surface area contributed by atoms with Crippen LogP contribution in [0.4, 0.5) is 0 Å². The second-order valence-corrected chi connectivity index (χ2v) is 8.09. The minimum Gasteiger partial charge on any atom is -0.419 e. The molecule has 3 aromatic heterocycles. The van der Waals surface area contributed by atoms with Crippen LogP contribution in [0.5, 0.6) is 0 Å². The van der Waals surface area contributed by atoms with Crippen LogP contribution >= 0.6 is 23.1 Å². The van der Waals surface area contributed by atoms with E-state index >= 15 is 0 Å². The molecule has 3 heterocycles. The Hall–Kier alpha value is -2.45. The predicted molar refractivity (Wildman–Crippen MR) is 101 cm³/mol. The number of thioether (sulfide) groups is 1. The summed E-state index contributed by atoms with van der Waals surface area (Å²) in [6.07, 6.45) is 0. The van der Waals surface area contributed by atoms with E-state index in [1.807, 2.05) is 36.6 Å². The van der Waals surface area contributed by atoms with Gasteiger partial charge >= 0.3 is 0 Å². The van der Waals surface area contributed by atoms with Crippen molar-refractivity contribution in [1.82, 2.24) is 20.4 Å². The summed E-state index contributed by atoms with van der Waals surface area (Å²) in [7, 11) is 0. The van der Waals surface area contributed by atoms with Crippen LogP contribution in [0.15, 0.2) is 49.8 Å². The third-order valence-electron chi connectivity index (χ3n) is 3.96. The molecule has 0 fully saturated rings. The Morgan fingerprint density at radius 1 is 0.962 bits per heavy atom. The van der Waals surface area contributed by atoms with Gasteiger partial charge in [-0.15, -0.1) is 31.7 Å². The molecule has 0 N–H and O–H groups in total. The van der Waals surface area contributed by atoms with Crippen molar-refractivity contribution >= 4 is 23.1 Å². The van der Waals surface area contributed by atoms with Gasteiger partial charge in [-0.05, 0) is 55.5 Å². The van der Waals surface area contributed by atoms with Gasteiger partial charge in [-0.2, -0.15) is 0 Å². The Morgan fingerprint density at radius 2 is 1.81 bits per heavy atom. The van der Waals surface area contributed by atoms with Gasteiger partial charge in [-0.3, -0.25) is 0 Å². The first kappa shape index (κ1) is 17.0. The molecule has 0 radical (unpaired) electrons. The zero-order chi connectivity index (χ0) is 18.1. The lowest BCUT2D eigenvalue weighted by atomic mass is 10.1. The normalized spacial score (nSPS) is 12.4. The number of benzene rings is 1. The summed E-state index contributed by atoms with van der Waals surface area (Å²) < 4.78 is 11.5. The monoisotopic (exact) mass is 384 g/mol. The molecule has 0 saturated carbocycles. The first-order valence-electron chi connectivity index (χ1n) is 8.05. The molecule has 8 heteroatoms. The molecular formula is C18H16N4O2S2. The fourth-order valence-corrected chi connectivity index (χ4v) is 3.71. The Bertz CT molecular complexity index is 1020. The molecule has 1 unspecified atom stereocenters. The van der Waals surface area contributed by atoms with E-state index < -0.39 is 0 Å². The highest BCUT2D eigenvalue weighted by atomic mass is 32.2. The van der Waals surface area contributed by atoms with E-state index in [4.69, 9.17) is 8.83 Å². The molecule has 6 nitrogen and oxygen atoms in total. The van der Waals surface area contributed by atoms with E-state index in [0.29, 0.717) is 22.9 Å². The number of nitrogens with zero attached hydrogens (tertiary/aromatic N) is 4. The fraction of sp³-hybridized carbons (Fsp3) is 0.222. The van der Waals surface area contributed by atoms with Crippen LogP contribution in [-0.2, 0) is 0 Å². The molecule has 0 aliphatic heterocycles. The summed E-state index contributed by atoms with van der Waals surface area (Å²) >= 11 is 2.96. The minimum atomic E-state index is -0.0933. The lowest BCUT2D eigenvalue weighted by Crippen LogP contribution is -1.88. The van der Waals surface area contributed by atoms with Crippen molar-refractivity contribution in [2.75, 3.05) is 0 Å². The number of thiophene rings is 1. The van der Waals surface area contributed by atoms with Gasteiger partial charge in [-0.25, -0.2) is 0 Å².